The van der Waals surface area contributed by atoms with Gasteiger partial charge in [-0.1, -0.05) is 26.8 Å². The van der Waals surface area contributed by atoms with Crippen molar-refractivity contribution < 1.29 is 0 Å². The van der Waals surface area contributed by atoms with E-state index in [2.05, 4.69) is 27.4 Å². The molecule has 0 saturated carbocycles. The predicted octanol–water partition coefficient (Wildman–Crippen LogP) is 2.94. The summed E-state index contributed by atoms with van der Waals surface area (Å²) in [6.45, 7) is 10.2. The lowest BCUT2D eigenvalue weighted by Gasteiger charge is -2.21. The second-order valence-electron chi connectivity index (χ2n) is 3.36. The van der Waals surface area contributed by atoms with Crippen LogP contribution in [0, 0.1) is 0 Å². The molecule has 9 heavy (non-hydrogen) atoms. The second-order valence-corrected chi connectivity index (χ2v) is 8.08. The van der Waals surface area contributed by atoms with Gasteiger partial charge in [-0.25, -0.2) is 0 Å². The van der Waals surface area contributed by atoms with E-state index in [1.54, 1.807) is 0 Å². The van der Waals surface area contributed by atoms with Gasteiger partial charge in [0.1, 0.15) is 8.11 Å². The van der Waals surface area contributed by atoms with Crippen LogP contribution in [0.3, 0.4) is 0 Å². The molecule has 0 aliphatic carbocycles. The van der Waals surface area contributed by atoms with E-state index >= 15 is 0 Å². The van der Waals surface area contributed by atoms with Gasteiger partial charge in [-0.15, -0.1) is 6.58 Å². The van der Waals surface area contributed by atoms with Crippen LogP contribution in [0.5, 0.6) is 0 Å². The van der Waals surface area contributed by atoms with Gasteiger partial charge >= 0.3 is 0 Å². The first kappa shape index (κ1) is 9.25. The third-order valence-corrected chi connectivity index (χ3v) is 6.44. The standard InChI is InChI=1S/C7H15ClSi/c1-5-6-9(8)7(2,3)4/h5,9H,1,6H2,2-4H3. The van der Waals surface area contributed by atoms with E-state index in [-0.39, 0.29) is 0 Å². The molecule has 54 valence electrons. The van der Waals surface area contributed by atoms with Crippen LogP contribution in [0.2, 0.25) is 11.1 Å². The minimum atomic E-state index is -1.04. The molecule has 0 amide bonds. The van der Waals surface area contributed by atoms with Crippen molar-refractivity contribution in [2.75, 3.05) is 0 Å². The number of rotatable bonds is 2. The van der Waals surface area contributed by atoms with Crippen LogP contribution in [-0.2, 0) is 0 Å². The van der Waals surface area contributed by atoms with Crippen molar-refractivity contribution in [1.82, 2.24) is 0 Å². The average Bonchev–Trinajstić information content (AvgIpc) is 1.64. The Bertz CT molecular complexity index is 93.6. The smallest absolute Gasteiger partial charge is 0.150 e. The van der Waals surface area contributed by atoms with Gasteiger partial charge in [0.25, 0.3) is 0 Å². The van der Waals surface area contributed by atoms with Crippen molar-refractivity contribution in [3.8, 4) is 0 Å². The molecule has 1 atom stereocenters. The second kappa shape index (κ2) is 3.42. The summed E-state index contributed by atoms with van der Waals surface area (Å²) >= 11 is 6.12. The molecule has 0 saturated heterocycles. The topological polar surface area (TPSA) is 0 Å². The SMILES string of the molecule is C=CC[SiH](Cl)C(C)(C)C. The van der Waals surface area contributed by atoms with Crippen molar-refractivity contribution in [3.63, 3.8) is 0 Å². The number of halogens is 1. The van der Waals surface area contributed by atoms with Crippen LogP contribution in [0.4, 0.5) is 0 Å². The monoisotopic (exact) mass is 162 g/mol. The molecule has 0 aliphatic heterocycles. The Balaban J connectivity index is 3.72. The minimum absolute atomic E-state index is 0.343. The summed E-state index contributed by atoms with van der Waals surface area (Å²) in [6.07, 6.45) is 1.93. The Morgan fingerprint density at radius 2 is 2.00 bits per heavy atom. The van der Waals surface area contributed by atoms with Gasteiger partial charge in [0.2, 0.25) is 0 Å². The van der Waals surface area contributed by atoms with Crippen LogP contribution in [0.25, 0.3) is 0 Å². The van der Waals surface area contributed by atoms with E-state index in [0.717, 1.165) is 6.04 Å². The van der Waals surface area contributed by atoms with Gasteiger partial charge in [0.05, 0.1) is 0 Å². The van der Waals surface area contributed by atoms with Gasteiger partial charge in [-0.3, -0.25) is 0 Å². The summed E-state index contributed by atoms with van der Waals surface area (Å²) in [5.74, 6) is 0. The Morgan fingerprint density at radius 3 is 2.11 bits per heavy atom. The predicted molar refractivity (Wildman–Crippen MR) is 47.7 cm³/mol. The third-order valence-electron chi connectivity index (χ3n) is 1.31. The lowest BCUT2D eigenvalue weighted by Crippen LogP contribution is -2.17. The lowest BCUT2D eigenvalue weighted by molar-refractivity contribution is 0.747. The zero-order valence-corrected chi connectivity index (χ0v) is 8.36. The van der Waals surface area contributed by atoms with Crippen molar-refractivity contribution in [1.29, 1.82) is 0 Å². The Labute approximate surface area is 64.2 Å². The largest absolute Gasteiger partial charge is 0.171 e. The highest BCUT2D eigenvalue weighted by molar-refractivity contribution is 7.08. The Morgan fingerprint density at radius 1 is 1.56 bits per heavy atom. The maximum Gasteiger partial charge on any atom is 0.150 e. The molecular formula is C7H15ClSi. The fourth-order valence-electron chi connectivity index (χ4n) is 0.500. The maximum atomic E-state index is 6.12. The molecule has 0 radical (unpaired) electrons. The van der Waals surface area contributed by atoms with E-state index in [0.29, 0.717) is 5.04 Å². The summed E-state index contributed by atoms with van der Waals surface area (Å²) < 4.78 is 0. The highest BCUT2D eigenvalue weighted by Crippen LogP contribution is 2.31. The molecule has 0 aromatic heterocycles. The van der Waals surface area contributed by atoms with Crippen LogP contribution in [0.1, 0.15) is 20.8 Å². The molecule has 0 aromatic carbocycles. The van der Waals surface area contributed by atoms with Crippen molar-refractivity contribution >= 4 is 19.2 Å². The molecule has 0 spiro atoms. The summed E-state index contributed by atoms with van der Waals surface area (Å²) in [6, 6.07) is 1.03. The molecule has 0 nitrogen and oxygen atoms in total. The zero-order chi connectivity index (χ0) is 7.49. The Hall–Kier alpha value is 0.247. The van der Waals surface area contributed by atoms with Gasteiger partial charge < -0.3 is 0 Å². The molecular weight excluding hydrogens is 148 g/mol. The fourth-order valence-corrected chi connectivity index (χ4v) is 1.88. The van der Waals surface area contributed by atoms with Gasteiger partial charge in [-0.2, -0.15) is 11.1 Å². The molecule has 1 unspecified atom stereocenters. The van der Waals surface area contributed by atoms with Gasteiger partial charge in [0.15, 0.2) is 0 Å². The van der Waals surface area contributed by atoms with E-state index in [4.69, 9.17) is 11.1 Å². The van der Waals surface area contributed by atoms with E-state index in [1.165, 1.54) is 0 Å². The molecule has 0 fully saturated rings. The first-order chi connectivity index (χ1) is 3.98. The van der Waals surface area contributed by atoms with Crippen LogP contribution in [0.15, 0.2) is 12.7 Å². The van der Waals surface area contributed by atoms with Crippen molar-refractivity contribution in [3.05, 3.63) is 12.7 Å². The highest BCUT2D eigenvalue weighted by Gasteiger charge is 2.22. The number of hydrogen-bond acceptors (Lipinski definition) is 0. The molecule has 0 bridgehead atoms. The maximum absolute atomic E-state index is 6.12. The van der Waals surface area contributed by atoms with E-state index in [9.17, 15) is 0 Å². The number of allylic oxidation sites excluding steroid dienone is 1. The molecule has 0 heterocycles. The normalized spacial score (nSPS) is 15.1. The summed E-state index contributed by atoms with van der Waals surface area (Å²) in [7, 11) is -1.04. The molecule has 0 N–H and O–H groups in total. The molecule has 0 rings (SSSR count). The fraction of sp³-hybridized carbons (Fsp3) is 0.714. The zero-order valence-electron chi connectivity index (χ0n) is 6.45. The first-order valence-corrected chi connectivity index (χ1v) is 6.37. The van der Waals surface area contributed by atoms with Crippen LogP contribution >= 0.6 is 11.1 Å². The van der Waals surface area contributed by atoms with E-state index < -0.39 is 8.11 Å². The quantitative estimate of drug-likeness (QED) is 0.333. The van der Waals surface area contributed by atoms with Crippen molar-refractivity contribution in [2.24, 2.45) is 0 Å². The highest BCUT2D eigenvalue weighted by atomic mass is 35.6. The summed E-state index contributed by atoms with van der Waals surface area (Å²) in [5, 5.41) is 0.343. The van der Waals surface area contributed by atoms with Crippen LogP contribution in [-0.4, -0.2) is 8.11 Å². The summed E-state index contributed by atoms with van der Waals surface area (Å²) in [4.78, 5) is 0. The third kappa shape index (κ3) is 3.76. The first-order valence-electron chi connectivity index (χ1n) is 3.23. The van der Waals surface area contributed by atoms with E-state index in [1.807, 2.05) is 6.08 Å². The Kier molecular flexibility index (Phi) is 3.52. The average molecular weight is 163 g/mol. The molecule has 0 aromatic rings. The van der Waals surface area contributed by atoms with Gasteiger partial charge in [-0.05, 0) is 11.1 Å². The minimum Gasteiger partial charge on any atom is -0.171 e. The molecule has 0 aliphatic rings. The number of hydrogen-bond donors (Lipinski definition) is 0. The lowest BCUT2D eigenvalue weighted by atomic mass is 10.3. The van der Waals surface area contributed by atoms with Crippen molar-refractivity contribution in [2.45, 2.75) is 31.9 Å². The molecule has 2 heteroatoms. The van der Waals surface area contributed by atoms with Crippen LogP contribution < -0.4 is 0 Å². The van der Waals surface area contributed by atoms with Gasteiger partial charge in [0, 0.05) is 0 Å². The summed E-state index contributed by atoms with van der Waals surface area (Å²) in [5.41, 5.74) is 0.